The molecule has 1 saturated heterocycles. The molecular formula is C20H25N5O4. The fraction of sp³-hybridized carbons (Fsp3) is 0.400. The van der Waals surface area contributed by atoms with E-state index in [9.17, 15) is 9.59 Å². The van der Waals surface area contributed by atoms with Crippen molar-refractivity contribution in [2.24, 2.45) is 0 Å². The number of piperidine rings is 1. The number of aromatic nitrogens is 2. The number of rotatable bonds is 6. The number of ether oxygens (including phenoxy) is 2. The summed E-state index contributed by atoms with van der Waals surface area (Å²) in [7, 11) is 1.60. The van der Waals surface area contributed by atoms with Crippen molar-refractivity contribution >= 4 is 23.6 Å². The Kier molecular flexibility index (Phi) is 6.83. The Balaban J connectivity index is 1.51. The van der Waals surface area contributed by atoms with Gasteiger partial charge in [-0.3, -0.25) is 4.79 Å². The van der Waals surface area contributed by atoms with Gasteiger partial charge >= 0.3 is 6.09 Å². The molecule has 9 heteroatoms. The summed E-state index contributed by atoms with van der Waals surface area (Å²) in [5, 5.41) is 6.04. The Morgan fingerprint density at radius 2 is 1.93 bits per heavy atom. The minimum atomic E-state index is -0.301. The zero-order valence-electron chi connectivity index (χ0n) is 16.6. The van der Waals surface area contributed by atoms with Crippen LogP contribution in [0.5, 0.6) is 5.75 Å². The SMILES string of the molecule is CCOC(=O)N1CCC(NC(=O)c2cnc(Nc3cccc(OC)c3)nc2)CC1. The van der Waals surface area contributed by atoms with E-state index in [2.05, 4.69) is 20.6 Å². The van der Waals surface area contributed by atoms with Crippen LogP contribution in [0.25, 0.3) is 0 Å². The molecule has 1 aliphatic rings. The maximum absolute atomic E-state index is 12.5. The molecule has 0 unspecified atom stereocenters. The molecule has 1 aliphatic heterocycles. The van der Waals surface area contributed by atoms with Gasteiger partial charge in [0, 0.05) is 43.3 Å². The van der Waals surface area contributed by atoms with Crippen molar-refractivity contribution in [2.75, 3.05) is 32.1 Å². The van der Waals surface area contributed by atoms with E-state index < -0.39 is 0 Å². The zero-order chi connectivity index (χ0) is 20.6. The van der Waals surface area contributed by atoms with Gasteiger partial charge < -0.3 is 25.0 Å². The van der Waals surface area contributed by atoms with Crippen molar-refractivity contribution in [1.29, 1.82) is 0 Å². The molecule has 29 heavy (non-hydrogen) atoms. The fourth-order valence-electron chi connectivity index (χ4n) is 3.03. The first-order valence-corrected chi connectivity index (χ1v) is 9.54. The van der Waals surface area contributed by atoms with Gasteiger partial charge in [-0.2, -0.15) is 0 Å². The summed E-state index contributed by atoms with van der Waals surface area (Å²) < 4.78 is 10.2. The monoisotopic (exact) mass is 399 g/mol. The van der Waals surface area contributed by atoms with Crippen LogP contribution in [0, 0.1) is 0 Å². The van der Waals surface area contributed by atoms with E-state index in [1.165, 1.54) is 12.4 Å². The number of benzene rings is 1. The van der Waals surface area contributed by atoms with E-state index in [0.29, 0.717) is 44.0 Å². The Hall–Kier alpha value is -3.36. The van der Waals surface area contributed by atoms with Crippen molar-refractivity contribution < 1.29 is 19.1 Å². The Bertz CT molecular complexity index is 835. The van der Waals surface area contributed by atoms with E-state index in [1.54, 1.807) is 18.9 Å². The second-order valence-electron chi connectivity index (χ2n) is 6.59. The molecule has 0 bridgehead atoms. The minimum Gasteiger partial charge on any atom is -0.497 e. The van der Waals surface area contributed by atoms with Gasteiger partial charge in [0.2, 0.25) is 5.95 Å². The number of hydrogen-bond donors (Lipinski definition) is 2. The first-order chi connectivity index (χ1) is 14.1. The molecule has 9 nitrogen and oxygen atoms in total. The van der Waals surface area contributed by atoms with Gasteiger partial charge in [-0.05, 0) is 31.9 Å². The lowest BCUT2D eigenvalue weighted by Crippen LogP contribution is -2.46. The normalized spacial score (nSPS) is 14.2. The molecule has 0 saturated carbocycles. The average molecular weight is 399 g/mol. The lowest BCUT2D eigenvalue weighted by Gasteiger charge is -2.31. The summed E-state index contributed by atoms with van der Waals surface area (Å²) in [6, 6.07) is 7.40. The highest BCUT2D eigenvalue weighted by atomic mass is 16.6. The zero-order valence-corrected chi connectivity index (χ0v) is 16.6. The molecule has 2 heterocycles. The van der Waals surface area contributed by atoms with Crippen molar-refractivity contribution in [3.63, 3.8) is 0 Å². The van der Waals surface area contributed by atoms with Crippen LogP contribution in [-0.2, 0) is 4.74 Å². The third-order valence-corrected chi connectivity index (χ3v) is 4.60. The number of nitrogens with one attached hydrogen (secondary N) is 2. The minimum absolute atomic E-state index is 0.00256. The van der Waals surface area contributed by atoms with Gasteiger partial charge in [-0.15, -0.1) is 0 Å². The van der Waals surface area contributed by atoms with Crippen LogP contribution in [0.3, 0.4) is 0 Å². The number of carbonyl (C=O) groups excluding carboxylic acids is 2. The average Bonchev–Trinajstić information content (AvgIpc) is 2.75. The number of nitrogens with zero attached hydrogens (tertiary/aromatic N) is 3. The Morgan fingerprint density at radius 1 is 1.21 bits per heavy atom. The van der Waals surface area contributed by atoms with Crippen LogP contribution < -0.4 is 15.4 Å². The summed E-state index contributed by atoms with van der Waals surface area (Å²) in [6.07, 6.45) is 4.03. The number of likely N-dealkylation sites (tertiary alicyclic amines) is 1. The highest BCUT2D eigenvalue weighted by molar-refractivity contribution is 5.93. The van der Waals surface area contributed by atoms with Crippen LogP contribution in [0.4, 0.5) is 16.4 Å². The molecule has 2 aromatic rings. The largest absolute Gasteiger partial charge is 0.497 e. The third-order valence-electron chi connectivity index (χ3n) is 4.60. The molecule has 154 valence electrons. The van der Waals surface area contributed by atoms with Crippen molar-refractivity contribution in [3.05, 3.63) is 42.2 Å². The number of carbonyl (C=O) groups is 2. The van der Waals surface area contributed by atoms with Crippen molar-refractivity contribution in [2.45, 2.75) is 25.8 Å². The van der Waals surface area contributed by atoms with Crippen LogP contribution in [0.15, 0.2) is 36.7 Å². The van der Waals surface area contributed by atoms with Crippen molar-refractivity contribution in [3.8, 4) is 5.75 Å². The number of hydrogen-bond acceptors (Lipinski definition) is 7. The predicted octanol–water partition coefficient (Wildman–Crippen LogP) is 2.58. The van der Waals surface area contributed by atoms with E-state index in [4.69, 9.17) is 9.47 Å². The molecular weight excluding hydrogens is 374 g/mol. The maximum atomic E-state index is 12.5. The van der Waals surface area contributed by atoms with Gasteiger partial charge in [0.25, 0.3) is 5.91 Å². The van der Waals surface area contributed by atoms with Crippen LogP contribution in [-0.4, -0.2) is 59.7 Å². The van der Waals surface area contributed by atoms with Crippen LogP contribution >= 0.6 is 0 Å². The molecule has 2 amide bonds. The standard InChI is InChI=1S/C20H25N5O4/c1-3-29-20(27)25-9-7-15(8-10-25)23-18(26)14-12-21-19(22-13-14)24-16-5-4-6-17(11-16)28-2/h4-6,11-13,15H,3,7-10H2,1-2H3,(H,23,26)(H,21,22,24). The molecule has 1 fully saturated rings. The van der Waals surface area contributed by atoms with E-state index in [-0.39, 0.29) is 18.0 Å². The first kappa shape index (κ1) is 20.4. The summed E-state index contributed by atoms with van der Waals surface area (Å²) >= 11 is 0. The van der Waals surface area contributed by atoms with Gasteiger partial charge in [0.15, 0.2) is 0 Å². The topological polar surface area (TPSA) is 106 Å². The van der Waals surface area contributed by atoms with Crippen molar-refractivity contribution in [1.82, 2.24) is 20.2 Å². The predicted molar refractivity (Wildman–Crippen MR) is 107 cm³/mol. The second kappa shape index (κ2) is 9.72. The number of amides is 2. The molecule has 0 aliphatic carbocycles. The van der Waals surface area contributed by atoms with Gasteiger partial charge in [-0.1, -0.05) is 6.07 Å². The quantitative estimate of drug-likeness (QED) is 0.769. The molecule has 3 rings (SSSR count). The van der Waals surface area contributed by atoms with Crippen LogP contribution in [0.1, 0.15) is 30.1 Å². The summed E-state index contributed by atoms with van der Waals surface area (Å²) in [5.74, 6) is 0.880. The fourth-order valence-corrected chi connectivity index (χ4v) is 3.03. The summed E-state index contributed by atoms with van der Waals surface area (Å²) in [6.45, 7) is 3.26. The molecule has 0 spiro atoms. The molecule has 1 aromatic carbocycles. The summed E-state index contributed by atoms with van der Waals surface area (Å²) in [4.78, 5) is 34.3. The van der Waals surface area contributed by atoms with E-state index >= 15 is 0 Å². The number of anilines is 2. The number of methoxy groups -OCH3 is 1. The smallest absolute Gasteiger partial charge is 0.409 e. The first-order valence-electron chi connectivity index (χ1n) is 9.54. The molecule has 2 N–H and O–H groups in total. The van der Waals surface area contributed by atoms with Gasteiger partial charge in [-0.25, -0.2) is 14.8 Å². The summed E-state index contributed by atoms with van der Waals surface area (Å²) in [5.41, 5.74) is 1.17. The van der Waals surface area contributed by atoms with E-state index in [0.717, 1.165) is 11.4 Å². The molecule has 0 atom stereocenters. The van der Waals surface area contributed by atoms with Gasteiger partial charge in [0.05, 0.1) is 19.3 Å². The third kappa shape index (κ3) is 5.56. The van der Waals surface area contributed by atoms with Crippen LogP contribution in [0.2, 0.25) is 0 Å². The Morgan fingerprint density at radius 3 is 2.59 bits per heavy atom. The second-order valence-corrected chi connectivity index (χ2v) is 6.59. The highest BCUT2D eigenvalue weighted by Crippen LogP contribution is 2.19. The lowest BCUT2D eigenvalue weighted by atomic mass is 10.1. The highest BCUT2D eigenvalue weighted by Gasteiger charge is 2.25. The maximum Gasteiger partial charge on any atom is 0.409 e. The van der Waals surface area contributed by atoms with E-state index in [1.807, 2.05) is 24.3 Å². The Labute approximate surface area is 169 Å². The van der Waals surface area contributed by atoms with Gasteiger partial charge in [0.1, 0.15) is 5.75 Å². The molecule has 1 aromatic heterocycles. The lowest BCUT2D eigenvalue weighted by molar-refractivity contribution is 0.0859. The molecule has 0 radical (unpaired) electrons.